The maximum atomic E-state index is 14.3. The topological polar surface area (TPSA) is 37.3 Å². The molecule has 0 aromatic carbocycles. The zero-order chi connectivity index (χ0) is 11.1. The van der Waals surface area contributed by atoms with E-state index in [-0.39, 0.29) is 18.3 Å². The molecule has 2 saturated carbocycles. The van der Waals surface area contributed by atoms with Gasteiger partial charge < -0.3 is 5.11 Å². The van der Waals surface area contributed by atoms with Gasteiger partial charge in [0.1, 0.15) is 5.67 Å². The summed E-state index contributed by atoms with van der Waals surface area (Å²) >= 11 is 0. The number of carboxylic acids is 1. The lowest BCUT2D eigenvalue weighted by atomic mass is 9.53. The van der Waals surface area contributed by atoms with Crippen LogP contribution in [0.4, 0.5) is 4.39 Å². The highest BCUT2D eigenvalue weighted by atomic mass is 19.1. The summed E-state index contributed by atoms with van der Waals surface area (Å²) in [6.45, 7) is 2.11. The first-order chi connectivity index (χ1) is 7.05. The first-order valence-electron chi connectivity index (χ1n) is 5.96. The van der Waals surface area contributed by atoms with Crippen molar-refractivity contribution in [3.05, 3.63) is 0 Å². The Balaban J connectivity index is 1.94. The summed E-state index contributed by atoms with van der Waals surface area (Å²) in [7, 11) is 0. The molecule has 0 aromatic rings. The molecule has 86 valence electrons. The van der Waals surface area contributed by atoms with E-state index in [4.69, 9.17) is 5.11 Å². The average Bonchev–Trinajstić information content (AvgIpc) is 2.14. The molecule has 0 radical (unpaired) electrons. The average molecular weight is 214 g/mol. The molecular formula is C12H19FO2. The Hall–Kier alpha value is -0.600. The number of fused-ring (bicyclic) bond motifs is 1. The molecule has 2 aliphatic rings. The van der Waals surface area contributed by atoms with Crippen LogP contribution in [-0.2, 0) is 4.79 Å². The molecule has 0 saturated heterocycles. The summed E-state index contributed by atoms with van der Waals surface area (Å²) in [6.07, 6.45) is 4.36. The number of hydrogen-bond acceptors (Lipinski definition) is 1. The van der Waals surface area contributed by atoms with E-state index in [1.807, 2.05) is 0 Å². The van der Waals surface area contributed by atoms with Gasteiger partial charge in [0, 0.05) is 6.42 Å². The fourth-order valence-electron chi connectivity index (χ4n) is 3.50. The lowest BCUT2D eigenvalue weighted by Crippen LogP contribution is -2.54. The van der Waals surface area contributed by atoms with Gasteiger partial charge in [-0.1, -0.05) is 13.3 Å². The van der Waals surface area contributed by atoms with Crippen molar-refractivity contribution in [2.24, 2.45) is 17.8 Å². The Labute approximate surface area is 89.9 Å². The van der Waals surface area contributed by atoms with E-state index in [2.05, 4.69) is 6.92 Å². The van der Waals surface area contributed by atoms with Crippen molar-refractivity contribution in [1.29, 1.82) is 0 Å². The molecule has 2 nitrogen and oxygen atoms in total. The number of carboxylic acid groups (broad SMARTS) is 1. The zero-order valence-corrected chi connectivity index (χ0v) is 9.21. The van der Waals surface area contributed by atoms with Crippen LogP contribution in [0, 0.1) is 17.8 Å². The maximum absolute atomic E-state index is 14.3. The van der Waals surface area contributed by atoms with Crippen molar-refractivity contribution in [2.45, 2.75) is 51.1 Å². The molecular weight excluding hydrogens is 195 g/mol. The van der Waals surface area contributed by atoms with Crippen LogP contribution in [0.25, 0.3) is 0 Å². The first kappa shape index (κ1) is 10.9. The van der Waals surface area contributed by atoms with E-state index in [1.165, 1.54) is 0 Å². The molecule has 2 aliphatic carbocycles. The van der Waals surface area contributed by atoms with Gasteiger partial charge >= 0.3 is 5.97 Å². The number of hydrogen-bond donors (Lipinski definition) is 1. The van der Waals surface area contributed by atoms with E-state index in [0.29, 0.717) is 18.8 Å². The monoisotopic (exact) mass is 214 g/mol. The largest absolute Gasteiger partial charge is 0.481 e. The van der Waals surface area contributed by atoms with Crippen LogP contribution in [-0.4, -0.2) is 16.7 Å². The zero-order valence-electron chi connectivity index (χ0n) is 9.21. The highest BCUT2D eigenvalue weighted by Gasteiger charge is 2.56. The highest BCUT2D eigenvalue weighted by molar-refractivity contribution is 5.67. The lowest BCUT2D eigenvalue weighted by Gasteiger charge is -2.54. The summed E-state index contributed by atoms with van der Waals surface area (Å²) in [5, 5.41) is 8.70. The van der Waals surface area contributed by atoms with E-state index in [1.54, 1.807) is 0 Å². The highest BCUT2D eigenvalue weighted by Crippen LogP contribution is 2.57. The van der Waals surface area contributed by atoms with Gasteiger partial charge in [-0.05, 0) is 43.4 Å². The summed E-state index contributed by atoms with van der Waals surface area (Å²) in [5.41, 5.74) is -1.01. The Morgan fingerprint density at radius 1 is 1.47 bits per heavy atom. The fourth-order valence-corrected chi connectivity index (χ4v) is 3.50. The number of alkyl halides is 1. The van der Waals surface area contributed by atoms with Crippen LogP contribution in [0.2, 0.25) is 0 Å². The van der Waals surface area contributed by atoms with E-state index in [9.17, 15) is 9.18 Å². The third kappa shape index (κ3) is 1.88. The number of aliphatic carboxylic acids is 1. The Morgan fingerprint density at radius 2 is 2.20 bits per heavy atom. The van der Waals surface area contributed by atoms with Crippen molar-refractivity contribution in [2.75, 3.05) is 0 Å². The van der Waals surface area contributed by atoms with Gasteiger partial charge in [0.15, 0.2) is 0 Å². The van der Waals surface area contributed by atoms with Crippen LogP contribution in [0.1, 0.15) is 45.4 Å². The van der Waals surface area contributed by atoms with Crippen molar-refractivity contribution in [3.8, 4) is 0 Å². The number of carbonyl (C=O) groups is 1. The molecule has 0 bridgehead atoms. The van der Waals surface area contributed by atoms with Crippen molar-refractivity contribution in [1.82, 2.24) is 0 Å². The number of rotatable bonds is 3. The van der Waals surface area contributed by atoms with Gasteiger partial charge in [0.05, 0.1) is 0 Å². The molecule has 0 aromatic heterocycles. The predicted molar refractivity (Wildman–Crippen MR) is 55.3 cm³/mol. The third-order valence-corrected chi connectivity index (χ3v) is 4.36. The fraction of sp³-hybridized carbons (Fsp3) is 0.917. The van der Waals surface area contributed by atoms with Crippen LogP contribution in [0.15, 0.2) is 0 Å². The van der Waals surface area contributed by atoms with E-state index in [0.717, 1.165) is 19.3 Å². The molecule has 2 fully saturated rings. The van der Waals surface area contributed by atoms with Crippen molar-refractivity contribution >= 4 is 5.97 Å². The molecule has 15 heavy (non-hydrogen) atoms. The normalized spacial score (nSPS) is 44.3. The minimum Gasteiger partial charge on any atom is -0.481 e. The second-order valence-electron chi connectivity index (χ2n) is 5.26. The SMILES string of the molecule is CC[C@@H]1CC[C@@H]2[C@H](CC(=O)O)C[C@@]2(F)C1. The molecule has 0 aliphatic heterocycles. The molecule has 0 heterocycles. The van der Waals surface area contributed by atoms with Crippen LogP contribution in [0.3, 0.4) is 0 Å². The van der Waals surface area contributed by atoms with E-state index >= 15 is 0 Å². The van der Waals surface area contributed by atoms with Gasteiger partial charge in [-0.3, -0.25) is 4.79 Å². The summed E-state index contributed by atoms with van der Waals surface area (Å²) in [5.74, 6) is -0.113. The van der Waals surface area contributed by atoms with Gasteiger partial charge in [0.2, 0.25) is 0 Å². The quantitative estimate of drug-likeness (QED) is 0.784. The molecule has 0 spiro atoms. The second kappa shape index (κ2) is 3.76. The third-order valence-electron chi connectivity index (χ3n) is 4.36. The molecule has 4 atom stereocenters. The molecule has 2 rings (SSSR count). The number of halogens is 1. The van der Waals surface area contributed by atoms with E-state index < -0.39 is 11.6 Å². The molecule has 1 N–H and O–H groups in total. The van der Waals surface area contributed by atoms with Crippen molar-refractivity contribution < 1.29 is 14.3 Å². The summed E-state index contributed by atoms with van der Waals surface area (Å²) < 4.78 is 14.3. The molecule has 0 unspecified atom stereocenters. The smallest absolute Gasteiger partial charge is 0.303 e. The van der Waals surface area contributed by atoms with Crippen molar-refractivity contribution in [3.63, 3.8) is 0 Å². The maximum Gasteiger partial charge on any atom is 0.303 e. The van der Waals surface area contributed by atoms with Gasteiger partial charge in [0.25, 0.3) is 0 Å². The summed E-state index contributed by atoms with van der Waals surface area (Å²) in [6, 6.07) is 0. The molecule has 3 heteroatoms. The second-order valence-corrected chi connectivity index (χ2v) is 5.26. The van der Waals surface area contributed by atoms with Gasteiger partial charge in [-0.15, -0.1) is 0 Å². The van der Waals surface area contributed by atoms with Gasteiger partial charge in [-0.2, -0.15) is 0 Å². The summed E-state index contributed by atoms with van der Waals surface area (Å²) in [4.78, 5) is 10.6. The minimum absolute atomic E-state index is 0.0383. The van der Waals surface area contributed by atoms with Crippen LogP contribution < -0.4 is 0 Å². The predicted octanol–water partition coefficient (Wildman–Crippen LogP) is 3.02. The standard InChI is InChI=1S/C12H19FO2/c1-2-8-3-4-10-9(5-11(14)15)7-12(10,13)6-8/h8-10H,2-7H2,1H3,(H,14,15)/t8-,9-,10-,12+/m1/s1. The Kier molecular flexibility index (Phi) is 2.73. The molecule has 0 amide bonds. The Bertz CT molecular complexity index is 266. The van der Waals surface area contributed by atoms with Crippen LogP contribution in [0.5, 0.6) is 0 Å². The first-order valence-corrected chi connectivity index (χ1v) is 5.96. The lowest BCUT2D eigenvalue weighted by molar-refractivity contribution is -0.151. The van der Waals surface area contributed by atoms with Gasteiger partial charge in [-0.25, -0.2) is 4.39 Å². The van der Waals surface area contributed by atoms with Crippen LogP contribution >= 0.6 is 0 Å². The Morgan fingerprint density at radius 3 is 2.73 bits per heavy atom. The minimum atomic E-state index is -1.01.